The number of phenolic OH excluding ortho intramolecular Hbond substituents is 1. The van der Waals surface area contributed by atoms with Crippen LogP contribution in [0.5, 0.6) is 5.75 Å². The van der Waals surface area contributed by atoms with Gasteiger partial charge in [-0.1, -0.05) is 30.3 Å². The summed E-state index contributed by atoms with van der Waals surface area (Å²) in [6, 6.07) is 12.5. The molecule has 0 atom stereocenters. The SMILES string of the molecule is O=S(=O)(O)c1cc(N=Nc2cccc(S(=O)(=O)CCO)c2)c(O)c2ccccc12. The van der Waals surface area contributed by atoms with Crippen LogP contribution < -0.4 is 0 Å². The summed E-state index contributed by atoms with van der Waals surface area (Å²) in [5, 5.41) is 27.2. The highest BCUT2D eigenvalue weighted by Crippen LogP contribution is 2.39. The van der Waals surface area contributed by atoms with E-state index in [4.69, 9.17) is 5.11 Å². The molecule has 0 saturated heterocycles. The van der Waals surface area contributed by atoms with Crippen molar-refractivity contribution in [3.05, 3.63) is 54.6 Å². The number of nitrogens with zero attached hydrogens (tertiary/aromatic N) is 2. The number of aliphatic hydroxyl groups excluding tert-OH is 1. The van der Waals surface area contributed by atoms with Crippen molar-refractivity contribution in [3.8, 4) is 5.75 Å². The molecule has 3 rings (SSSR count). The van der Waals surface area contributed by atoms with E-state index in [2.05, 4.69) is 10.2 Å². The van der Waals surface area contributed by atoms with Gasteiger partial charge in [0, 0.05) is 10.8 Å². The van der Waals surface area contributed by atoms with E-state index in [9.17, 15) is 26.5 Å². The van der Waals surface area contributed by atoms with Gasteiger partial charge < -0.3 is 10.2 Å². The number of aliphatic hydroxyl groups is 1. The Labute approximate surface area is 166 Å². The standard InChI is InChI=1S/C18H16N2O7S2/c21-8-9-28(23,24)13-5-3-4-12(10-13)19-20-16-11-17(29(25,26)27)14-6-1-2-7-15(14)18(16)22/h1-7,10-11,21-22H,8-9H2,(H,25,26,27). The number of hydrogen-bond acceptors (Lipinski definition) is 8. The fourth-order valence-corrected chi connectivity index (χ4v) is 4.47. The van der Waals surface area contributed by atoms with E-state index in [1.165, 1.54) is 36.4 Å². The number of aromatic hydroxyl groups is 1. The molecule has 0 aliphatic heterocycles. The minimum Gasteiger partial charge on any atom is -0.505 e. The molecule has 3 aromatic rings. The Morgan fingerprint density at radius 1 is 0.862 bits per heavy atom. The normalized spacial score (nSPS) is 12.6. The Morgan fingerprint density at radius 3 is 2.21 bits per heavy atom. The van der Waals surface area contributed by atoms with Gasteiger partial charge >= 0.3 is 0 Å². The van der Waals surface area contributed by atoms with Gasteiger partial charge in [-0.05, 0) is 24.3 Å². The van der Waals surface area contributed by atoms with Crippen molar-refractivity contribution >= 4 is 42.1 Å². The molecule has 0 bridgehead atoms. The van der Waals surface area contributed by atoms with Crippen LogP contribution in [0.2, 0.25) is 0 Å². The number of azo groups is 1. The van der Waals surface area contributed by atoms with E-state index in [0.29, 0.717) is 0 Å². The lowest BCUT2D eigenvalue weighted by Crippen LogP contribution is -2.09. The maximum absolute atomic E-state index is 12.0. The first-order chi connectivity index (χ1) is 13.6. The molecule has 9 nitrogen and oxygen atoms in total. The van der Waals surface area contributed by atoms with Gasteiger partial charge in [0.25, 0.3) is 10.1 Å². The summed E-state index contributed by atoms with van der Waals surface area (Å²) in [4.78, 5) is -0.511. The van der Waals surface area contributed by atoms with Crippen molar-refractivity contribution in [1.82, 2.24) is 0 Å². The van der Waals surface area contributed by atoms with Crippen LogP contribution in [0.4, 0.5) is 11.4 Å². The molecule has 11 heteroatoms. The van der Waals surface area contributed by atoms with Gasteiger partial charge in [-0.25, -0.2) is 8.42 Å². The first kappa shape index (κ1) is 20.9. The molecule has 0 fully saturated rings. The Kier molecular flexibility index (Phi) is 5.66. The van der Waals surface area contributed by atoms with Crippen molar-refractivity contribution in [2.75, 3.05) is 12.4 Å². The summed E-state index contributed by atoms with van der Waals surface area (Å²) >= 11 is 0. The van der Waals surface area contributed by atoms with Gasteiger partial charge in [0.05, 0.1) is 22.9 Å². The van der Waals surface area contributed by atoms with E-state index in [-0.39, 0.29) is 32.8 Å². The summed E-state index contributed by atoms with van der Waals surface area (Å²) in [5.74, 6) is -0.794. The average molecular weight is 436 g/mol. The number of hydrogen-bond donors (Lipinski definition) is 3. The maximum Gasteiger partial charge on any atom is 0.295 e. The largest absolute Gasteiger partial charge is 0.505 e. The minimum absolute atomic E-state index is 0.0654. The van der Waals surface area contributed by atoms with Gasteiger partial charge in [-0.15, -0.1) is 5.11 Å². The average Bonchev–Trinajstić information content (AvgIpc) is 2.67. The molecule has 0 aliphatic carbocycles. The molecule has 0 heterocycles. The number of fused-ring (bicyclic) bond motifs is 1. The van der Waals surface area contributed by atoms with Crippen LogP contribution in [0.1, 0.15) is 0 Å². The predicted molar refractivity (Wildman–Crippen MR) is 105 cm³/mol. The van der Waals surface area contributed by atoms with Crippen molar-refractivity contribution in [3.63, 3.8) is 0 Å². The highest BCUT2D eigenvalue weighted by Gasteiger charge is 2.19. The zero-order valence-corrected chi connectivity index (χ0v) is 16.4. The zero-order valence-electron chi connectivity index (χ0n) is 14.8. The molecule has 152 valence electrons. The van der Waals surface area contributed by atoms with Gasteiger partial charge in [0.15, 0.2) is 15.6 Å². The van der Waals surface area contributed by atoms with E-state index in [1.807, 2.05) is 0 Å². The zero-order chi connectivity index (χ0) is 21.2. The fraction of sp³-hybridized carbons (Fsp3) is 0.111. The summed E-state index contributed by atoms with van der Waals surface area (Å²) in [5.41, 5.74) is -0.0927. The third kappa shape index (κ3) is 4.43. The molecular formula is C18H16N2O7S2. The molecule has 0 aromatic heterocycles. The van der Waals surface area contributed by atoms with Crippen molar-refractivity contribution < 1.29 is 31.6 Å². The third-order valence-electron chi connectivity index (χ3n) is 4.05. The van der Waals surface area contributed by atoms with Crippen LogP contribution >= 0.6 is 0 Å². The monoisotopic (exact) mass is 436 g/mol. The minimum atomic E-state index is -4.60. The summed E-state index contributed by atoms with van der Waals surface area (Å²) < 4.78 is 57.0. The fourth-order valence-electron chi connectivity index (χ4n) is 2.69. The van der Waals surface area contributed by atoms with Crippen LogP contribution in [0.3, 0.4) is 0 Å². The summed E-state index contributed by atoms with van der Waals surface area (Å²) in [7, 11) is -8.29. The highest BCUT2D eigenvalue weighted by atomic mass is 32.2. The molecule has 29 heavy (non-hydrogen) atoms. The molecule has 3 N–H and O–H groups in total. The first-order valence-corrected chi connectivity index (χ1v) is 11.3. The third-order valence-corrected chi connectivity index (χ3v) is 6.63. The number of sulfone groups is 1. The highest BCUT2D eigenvalue weighted by molar-refractivity contribution is 7.91. The smallest absolute Gasteiger partial charge is 0.295 e. The quantitative estimate of drug-likeness (QED) is 0.396. The molecular weight excluding hydrogens is 420 g/mol. The van der Waals surface area contributed by atoms with Crippen molar-refractivity contribution in [2.45, 2.75) is 9.79 Å². The summed E-state index contributed by atoms with van der Waals surface area (Å²) in [6.45, 7) is -0.530. The van der Waals surface area contributed by atoms with E-state index < -0.39 is 37.2 Å². The second kappa shape index (κ2) is 7.87. The maximum atomic E-state index is 12.0. The second-order valence-corrected chi connectivity index (χ2v) is 9.50. The van der Waals surface area contributed by atoms with E-state index >= 15 is 0 Å². The van der Waals surface area contributed by atoms with Gasteiger partial charge in [-0.2, -0.15) is 13.5 Å². The summed E-state index contributed by atoms with van der Waals surface area (Å²) in [6.07, 6.45) is 0. The number of rotatable bonds is 6. The number of benzene rings is 3. The van der Waals surface area contributed by atoms with Crippen LogP contribution in [0, 0.1) is 0 Å². The van der Waals surface area contributed by atoms with Gasteiger partial charge in [0.1, 0.15) is 10.6 Å². The Balaban J connectivity index is 2.10. The molecule has 0 saturated carbocycles. The molecule has 0 aliphatic rings. The van der Waals surface area contributed by atoms with Gasteiger partial charge in [-0.3, -0.25) is 4.55 Å². The van der Waals surface area contributed by atoms with Gasteiger partial charge in [0.2, 0.25) is 0 Å². The topological polar surface area (TPSA) is 154 Å². The van der Waals surface area contributed by atoms with Crippen molar-refractivity contribution in [2.24, 2.45) is 10.2 Å². The Morgan fingerprint density at radius 2 is 1.55 bits per heavy atom. The molecule has 0 radical (unpaired) electrons. The molecule has 0 unspecified atom stereocenters. The lowest BCUT2D eigenvalue weighted by atomic mass is 10.1. The first-order valence-electron chi connectivity index (χ1n) is 8.21. The predicted octanol–water partition coefficient (Wildman–Crippen LogP) is 2.97. The Bertz CT molecular complexity index is 1320. The van der Waals surface area contributed by atoms with Crippen molar-refractivity contribution in [1.29, 1.82) is 0 Å². The van der Waals surface area contributed by atoms with Crippen LogP contribution in [0.25, 0.3) is 10.8 Å². The van der Waals surface area contributed by atoms with E-state index in [0.717, 1.165) is 6.07 Å². The lowest BCUT2D eigenvalue weighted by molar-refractivity contribution is 0.319. The lowest BCUT2D eigenvalue weighted by Gasteiger charge is -2.08. The second-order valence-electron chi connectivity index (χ2n) is 6.00. The molecule has 3 aromatic carbocycles. The molecule has 0 amide bonds. The molecule has 0 spiro atoms. The number of phenols is 1. The van der Waals surface area contributed by atoms with Crippen LogP contribution in [0.15, 0.2) is 74.6 Å². The van der Waals surface area contributed by atoms with Crippen LogP contribution in [-0.4, -0.2) is 44.0 Å². The van der Waals surface area contributed by atoms with Crippen LogP contribution in [-0.2, 0) is 20.0 Å². The Hall–Kier alpha value is -2.86. The van der Waals surface area contributed by atoms with E-state index in [1.54, 1.807) is 12.1 Å².